The van der Waals surface area contributed by atoms with E-state index in [2.05, 4.69) is 13.8 Å². The van der Waals surface area contributed by atoms with Crippen LogP contribution in [-0.4, -0.2) is 11.8 Å². The van der Waals surface area contributed by atoms with Crippen LogP contribution < -0.4 is 5.73 Å². The molecule has 0 fully saturated rings. The molecule has 0 bridgehead atoms. The number of halogens is 1. The van der Waals surface area contributed by atoms with Crippen LogP contribution in [0.1, 0.15) is 38.0 Å². The van der Waals surface area contributed by atoms with Gasteiger partial charge in [-0.15, -0.1) is 0 Å². The van der Waals surface area contributed by atoms with Crippen molar-refractivity contribution in [1.29, 1.82) is 0 Å². The molecule has 0 heterocycles. The average molecular weight is 255 g/mol. The van der Waals surface area contributed by atoms with Gasteiger partial charge < -0.3 is 5.73 Å². The van der Waals surface area contributed by atoms with Crippen molar-refractivity contribution in [2.24, 2.45) is 11.7 Å². The summed E-state index contributed by atoms with van der Waals surface area (Å²) in [6.45, 7) is 6.34. The maximum Gasteiger partial charge on any atom is 0.127 e. The van der Waals surface area contributed by atoms with Crippen LogP contribution in [0.5, 0.6) is 0 Å². The van der Waals surface area contributed by atoms with Crippen LogP contribution in [0.15, 0.2) is 24.3 Å². The molecule has 0 aliphatic heterocycles. The van der Waals surface area contributed by atoms with E-state index in [1.807, 2.05) is 19.1 Å². The van der Waals surface area contributed by atoms with Crippen LogP contribution >= 0.6 is 11.8 Å². The van der Waals surface area contributed by atoms with E-state index in [1.165, 1.54) is 6.07 Å². The highest BCUT2D eigenvalue weighted by atomic mass is 32.2. The minimum absolute atomic E-state index is 0.0408. The molecule has 1 nitrogen and oxygen atoms in total. The van der Waals surface area contributed by atoms with E-state index in [9.17, 15) is 4.39 Å². The summed E-state index contributed by atoms with van der Waals surface area (Å²) in [5, 5.41) is 0.0465. The molecule has 0 spiro atoms. The van der Waals surface area contributed by atoms with E-state index in [0.29, 0.717) is 5.92 Å². The molecule has 0 aliphatic carbocycles. The molecule has 0 saturated heterocycles. The fourth-order valence-electron chi connectivity index (χ4n) is 1.62. The number of nitrogens with two attached hydrogens (primary N) is 1. The van der Waals surface area contributed by atoms with Crippen LogP contribution in [0.4, 0.5) is 4.39 Å². The highest BCUT2D eigenvalue weighted by molar-refractivity contribution is 7.99. The third-order valence-electron chi connectivity index (χ3n) is 2.95. The molecule has 3 atom stereocenters. The highest BCUT2D eigenvalue weighted by Crippen LogP contribution is 2.34. The molecular weight excluding hydrogens is 233 g/mol. The zero-order chi connectivity index (χ0) is 12.8. The quantitative estimate of drug-likeness (QED) is 0.831. The second kappa shape index (κ2) is 7.02. The van der Waals surface area contributed by atoms with Gasteiger partial charge in [-0.25, -0.2) is 4.39 Å². The minimum Gasteiger partial charge on any atom is -0.327 e. The second-order valence-corrected chi connectivity index (χ2v) is 5.82. The van der Waals surface area contributed by atoms with Crippen LogP contribution in [0, 0.1) is 11.7 Å². The van der Waals surface area contributed by atoms with E-state index in [-0.39, 0.29) is 17.1 Å². The summed E-state index contributed by atoms with van der Waals surface area (Å²) in [5.41, 5.74) is 6.71. The Hall–Kier alpha value is -0.540. The Morgan fingerprint density at radius 2 is 1.94 bits per heavy atom. The van der Waals surface area contributed by atoms with Crippen LogP contribution in [-0.2, 0) is 0 Å². The third kappa shape index (κ3) is 4.32. The molecule has 1 aromatic rings. The summed E-state index contributed by atoms with van der Waals surface area (Å²) in [7, 11) is 0. The van der Waals surface area contributed by atoms with Crippen molar-refractivity contribution < 1.29 is 4.39 Å². The average Bonchev–Trinajstić information content (AvgIpc) is 2.30. The van der Waals surface area contributed by atoms with Gasteiger partial charge in [-0.05, 0) is 24.7 Å². The molecule has 3 unspecified atom stereocenters. The topological polar surface area (TPSA) is 26.0 Å². The van der Waals surface area contributed by atoms with Gasteiger partial charge in [0.25, 0.3) is 0 Å². The number of hydrogen-bond donors (Lipinski definition) is 1. The van der Waals surface area contributed by atoms with E-state index >= 15 is 0 Å². The lowest BCUT2D eigenvalue weighted by Gasteiger charge is -2.22. The molecule has 1 rings (SSSR count). The zero-order valence-corrected chi connectivity index (χ0v) is 11.6. The van der Waals surface area contributed by atoms with E-state index in [0.717, 1.165) is 17.7 Å². The van der Waals surface area contributed by atoms with Crippen molar-refractivity contribution in [2.75, 3.05) is 5.75 Å². The molecular formula is C14H22FNS. The fourth-order valence-corrected chi connectivity index (χ4v) is 3.06. The molecule has 0 aromatic heterocycles. The Balaban J connectivity index is 2.76. The zero-order valence-electron chi connectivity index (χ0n) is 10.8. The first-order valence-corrected chi connectivity index (χ1v) is 7.22. The molecule has 0 amide bonds. The van der Waals surface area contributed by atoms with Crippen LogP contribution in [0.25, 0.3) is 0 Å². The summed E-state index contributed by atoms with van der Waals surface area (Å²) in [6, 6.07) is 6.90. The van der Waals surface area contributed by atoms with Gasteiger partial charge in [0.1, 0.15) is 5.82 Å². The molecule has 1 aromatic carbocycles. The largest absolute Gasteiger partial charge is 0.327 e. The normalized spacial score (nSPS) is 16.5. The van der Waals surface area contributed by atoms with Gasteiger partial charge in [-0.1, -0.05) is 38.5 Å². The van der Waals surface area contributed by atoms with Crippen molar-refractivity contribution in [2.45, 2.75) is 38.5 Å². The smallest absolute Gasteiger partial charge is 0.127 e. The number of thioether (sulfide) groups is 1. The Morgan fingerprint density at radius 3 is 2.47 bits per heavy atom. The molecule has 96 valence electrons. The van der Waals surface area contributed by atoms with Crippen molar-refractivity contribution in [3.63, 3.8) is 0 Å². The number of rotatable bonds is 6. The summed E-state index contributed by atoms with van der Waals surface area (Å²) >= 11 is 1.76. The Morgan fingerprint density at radius 1 is 1.29 bits per heavy atom. The Bertz CT molecular complexity index is 341. The standard InChI is InChI=1S/C14H22FNS/c1-4-10(2)9-17-14(11(3)16)12-7-5-6-8-13(12)15/h5-8,10-11,14H,4,9,16H2,1-3H3. The fraction of sp³-hybridized carbons (Fsp3) is 0.571. The first-order chi connectivity index (χ1) is 8.06. The number of benzene rings is 1. The van der Waals surface area contributed by atoms with E-state index < -0.39 is 0 Å². The minimum atomic E-state index is -0.147. The predicted molar refractivity (Wildman–Crippen MR) is 74.7 cm³/mol. The Kier molecular flexibility index (Phi) is 6.00. The molecule has 3 heteroatoms. The van der Waals surface area contributed by atoms with Gasteiger partial charge in [-0.3, -0.25) is 0 Å². The van der Waals surface area contributed by atoms with E-state index in [4.69, 9.17) is 5.73 Å². The number of hydrogen-bond acceptors (Lipinski definition) is 2. The first kappa shape index (κ1) is 14.5. The van der Waals surface area contributed by atoms with Gasteiger partial charge in [0.05, 0.1) is 0 Å². The highest BCUT2D eigenvalue weighted by Gasteiger charge is 2.20. The predicted octanol–water partition coefficient (Wildman–Crippen LogP) is 3.99. The molecule has 2 N–H and O–H groups in total. The van der Waals surface area contributed by atoms with Gasteiger partial charge in [-0.2, -0.15) is 11.8 Å². The van der Waals surface area contributed by atoms with Crippen molar-refractivity contribution >= 4 is 11.8 Å². The SMILES string of the molecule is CCC(C)CSC(c1ccccc1F)C(C)N. The van der Waals surface area contributed by atoms with Gasteiger partial charge in [0.2, 0.25) is 0 Å². The summed E-state index contributed by atoms with van der Waals surface area (Å²) < 4.78 is 13.7. The Labute approximate surface area is 108 Å². The molecule has 0 aliphatic rings. The third-order valence-corrected chi connectivity index (χ3v) is 4.75. The van der Waals surface area contributed by atoms with Crippen LogP contribution in [0.2, 0.25) is 0 Å². The molecule has 17 heavy (non-hydrogen) atoms. The van der Waals surface area contributed by atoms with Crippen molar-refractivity contribution in [3.8, 4) is 0 Å². The van der Waals surface area contributed by atoms with Crippen LogP contribution in [0.3, 0.4) is 0 Å². The van der Waals surface area contributed by atoms with Gasteiger partial charge >= 0.3 is 0 Å². The van der Waals surface area contributed by atoms with Gasteiger partial charge in [0, 0.05) is 16.9 Å². The second-order valence-electron chi connectivity index (χ2n) is 4.65. The molecule has 0 saturated carbocycles. The summed E-state index contributed by atoms with van der Waals surface area (Å²) in [5.74, 6) is 1.52. The summed E-state index contributed by atoms with van der Waals surface area (Å²) in [6.07, 6.45) is 1.15. The van der Waals surface area contributed by atoms with E-state index in [1.54, 1.807) is 17.8 Å². The lowest BCUT2D eigenvalue weighted by molar-refractivity contribution is 0.589. The maximum absolute atomic E-state index is 13.7. The summed E-state index contributed by atoms with van der Waals surface area (Å²) in [4.78, 5) is 0. The van der Waals surface area contributed by atoms with Crippen molar-refractivity contribution in [3.05, 3.63) is 35.6 Å². The lowest BCUT2D eigenvalue weighted by Crippen LogP contribution is -2.24. The molecule has 0 radical (unpaired) electrons. The lowest BCUT2D eigenvalue weighted by atomic mass is 10.1. The first-order valence-electron chi connectivity index (χ1n) is 6.17. The van der Waals surface area contributed by atoms with Gasteiger partial charge in [0.15, 0.2) is 0 Å². The monoisotopic (exact) mass is 255 g/mol. The maximum atomic E-state index is 13.7. The van der Waals surface area contributed by atoms with Crippen molar-refractivity contribution in [1.82, 2.24) is 0 Å².